The summed E-state index contributed by atoms with van der Waals surface area (Å²) in [6.07, 6.45) is 0. The van der Waals surface area contributed by atoms with E-state index in [1.165, 1.54) is 21.0 Å². The molecule has 1 atom stereocenters. The third kappa shape index (κ3) is 3.33. The summed E-state index contributed by atoms with van der Waals surface area (Å²) in [6.45, 7) is 2.90. The maximum Gasteiger partial charge on any atom is 0.313 e. The number of esters is 1. The molecule has 19 heavy (non-hydrogen) atoms. The van der Waals surface area contributed by atoms with Crippen LogP contribution in [-0.2, 0) is 9.53 Å². The van der Waals surface area contributed by atoms with E-state index in [2.05, 4.69) is 4.74 Å². The summed E-state index contributed by atoms with van der Waals surface area (Å²) in [5.74, 6) is -3.20. The van der Waals surface area contributed by atoms with Crippen LogP contribution in [-0.4, -0.2) is 18.2 Å². The van der Waals surface area contributed by atoms with Crippen molar-refractivity contribution in [1.29, 1.82) is 0 Å². The van der Waals surface area contributed by atoms with Gasteiger partial charge in [-0.25, -0.2) is 8.78 Å². The molecule has 0 bridgehead atoms. The van der Waals surface area contributed by atoms with Gasteiger partial charge in [0.25, 0.3) is 0 Å². The molecule has 1 aromatic carbocycles. The Morgan fingerprint density at radius 2 is 1.95 bits per heavy atom. The Hall–Kier alpha value is -1.40. The van der Waals surface area contributed by atoms with Gasteiger partial charge in [0, 0.05) is 17.7 Å². The lowest BCUT2D eigenvalue weighted by atomic mass is 9.80. The summed E-state index contributed by atoms with van der Waals surface area (Å²) in [5, 5.41) is 9.55. The number of phenolic OH excluding ortho intramolecular Hbond substituents is 1. The maximum absolute atomic E-state index is 13.6. The standard InChI is InChI=1S/C12H15F2NO3.ClH/c1-12(2,11(17)18-3)10(15)9-7(14)4-6(13)5-8(9)16;/h4-5,10,16H,15H2,1-3H3;1H/t10-;/m1./s1. The lowest BCUT2D eigenvalue weighted by molar-refractivity contribution is -0.152. The molecule has 0 radical (unpaired) electrons. The zero-order valence-corrected chi connectivity index (χ0v) is 11.6. The van der Waals surface area contributed by atoms with Crippen LogP contribution in [0.15, 0.2) is 12.1 Å². The van der Waals surface area contributed by atoms with E-state index in [1.807, 2.05) is 0 Å². The molecule has 108 valence electrons. The van der Waals surface area contributed by atoms with Gasteiger partial charge >= 0.3 is 5.97 Å². The summed E-state index contributed by atoms with van der Waals surface area (Å²) in [6, 6.07) is 0.180. The highest BCUT2D eigenvalue weighted by Crippen LogP contribution is 2.38. The van der Waals surface area contributed by atoms with Crippen LogP contribution in [0.2, 0.25) is 0 Å². The molecule has 3 N–H and O–H groups in total. The van der Waals surface area contributed by atoms with Crippen molar-refractivity contribution in [2.24, 2.45) is 11.1 Å². The number of benzene rings is 1. The first kappa shape index (κ1) is 17.6. The Balaban J connectivity index is 0.00000324. The number of ether oxygens (including phenoxy) is 1. The fourth-order valence-electron chi connectivity index (χ4n) is 1.63. The molecular formula is C12H16ClF2NO3. The van der Waals surface area contributed by atoms with Crippen molar-refractivity contribution in [3.8, 4) is 5.75 Å². The molecule has 0 saturated carbocycles. The van der Waals surface area contributed by atoms with Crippen molar-refractivity contribution in [2.45, 2.75) is 19.9 Å². The third-order valence-corrected chi connectivity index (χ3v) is 2.87. The van der Waals surface area contributed by atoms with Gasteiger partial charge in [-0.1, -0.05) is 0 Å². The first-order valence-corrected chi connectivity index (χ1v) is 5.23. The van der Waals surface area contributed by atoms with Gasteiger partial charge in [0.05, 0.1) is 18.6 Å². The van der Waals surface area contributed by atoms with E-state index >= 15 is 0 Å². The molecule has 0 amide bonds. The second kappa shape index (κ2) is 6.16. The summed E-state index contributed by atoms with van der Waals surface area (Å²) in [7, 11) is 1.18. The van der Waals surface area contributed by atoms with Crippen LogP contribution >= 0.6 is 12.4 Å². The minimum absolute atomic E-state index is 0. The molecular weight excluding hydrogens is 280 g/mol. The molecule has 0 saturated heterocycles. The molecule has 0 aromatic heterocycles. The predicted molar refractivity (Wildman–Crippen MR) is 68.0 cm³/mol. The van der Waals surface area contributed by atoms with Gasteiger partial charge in [-0.05, 0) is 13.8 Å². The lowest BCUT2D eigenvalue weighted by Crippen LogP contribution is -2.38. The number of carbonyl (C=O) groups is 1. The Labute approximate surface area is 116 Å². The predicted octanol–water partition coefficient (Wildman–Crippen LogP) is 2.29. The van der Waals surface area contributed by atoms with Crippen molar-refractivity contribution < 1.29 is 23.4 Å². The van der Waals surface area contributed by atoms with E-state index in [-0.39, 0.29) is 18.0 Å². The first-order valence-electron chi connectivity index (χ1n) is 5.23. The molecule has 0 unspecified atom stereocenters. The summed E-state index contributed by atoms with van der Waals surface area (Å²) in [4.78, 5) is 11.6. The highest BCUT2D eigenvalue weighted by atomic mass is 35.5. The van der Waals surface area contributed by atoms with Gasteiger partial charge in [0.1, 0.15) is 17.4 Å². The number of methoxy groups -OCH3 is 1. The van der Waals surface area contributed by atoms with Gasteiger partial charge < -0.3 is 15.6 Å². The zero-order valence-electron chi connectivity index (χ0n) is 10.7. The largest absolute Gasteiger partial charge is 0.507 e. The van der Waals surface area contributed by atoms with E-state index in [9.17, 15) is 18.7 Å². The van der Waals surface area contributed by atoms with E-state index < -0.39 is 34.8 Å². The van der Waals surface area contributed by atoms with E-state index in [0.29, 0.717) is 6.07 Å². The van der Waals surface area contributed by atoms with Crippen molar-refractivity contribution >= 4 is 18.4 Å². The van der Waals surface area contributed by atoms with E-state index in [4.69, 9.17) is 5.73 Å². The summed E-state index contributed by atoms with van der Waals surface area (Å²) < 4.78 is 31.1. The summed E-state index contributed by atoms with van der Waals surface area (Å²) in [5.41, 5.74) is 4.21. The molecule has 0 aliphatic heterocycles. The fraction of sp³-hybridized carbons (Fsp3) is 0.417. The average molecular weight is 296 g/mol. The summed E-state index contributed by atoms with van der Waals surface area (Å²) >= 11 is 0. The zero-order chi connectivity index (χ0) is 14.1. The number of aromatic hydroxyl groups is 1. The van der Waals surface area contributed by atoms with Crippen LogP contribution in [0.4, 0.5) is 8.78 Å². The van der Waals surface area contributed by atoms with Gasteiger partial charge in [-0.3, -0.25) is 4.79 Å². The SMILES string of the molecule is COC(=O)C(C)(C)[C@H](N)c1c(O)cc(F)cc1F.Cl. The minimum Gasteiger partial charge on any atom is -0.507 e. The number of carbonyl (C=O) groups excluding carboxylic acids is 1. The molecule has 7 heteroatoms. The average Bonchev–Trinajstić information content (AvgIpc) is 2.26. The number of nitrogens with two attached hydrogens (primary N) is 1. The van der Waals surface area contributed by atoms with Crippen LogP contribution < -0.4 is 5.73 Å². The van der Waals surface area contributed by atoms with Crippen LogP contribution in [0.25, 0.3) is 0 Å². The number of hydrogen-bond acceptors (Lipinski definition) is 4. The topological polar surface area (TPSA) is 72.5 Å². The van der Waals surface area contributed by atoms with Gasteiger partial charge in [0.2, 0.25) is 0 Å². The smallest absolute Gasteiger partial charge is 0.313 e. The Bertz CT molecular complexity index is 457. The number of phenols is 1. The maximum atomic E-state index is 13.6. The van der Waals surface area contributed by atoms with Crippen LogP contribution in [0.3, 0.4) is 0 Å². The second-order valence-electron chi connectivity index (χ2n) is 4.51. The van der Waals surface area contributed by atoms with Crippen molar-refractivity contribution in [3.63, 3.8) is 0 Å². The number of rotatable bonds is 3. The Morgan fingerprint density at radius 3 is 2.37 bits per heavy atom. The fourth-order valence-corrected chi connectivity index (χ4v) is 1.63. The first-order chi connectivity index (χ1) is 8.21. The van der Waals surface area contributed by atoms with E-state index in [1.54, 1.807) is 0 Å². The van der Waals surface area contributed by atoms with Gasteiger partial charge in [0.15, 0.2) is 0 Å². The molecule has 0 heterocycles. The number of halogens is 3. The molecule has 1 aromatic rings. The highest BCUT2D eigenvalue weighted by Gasteiger charge is 2.39. The van der Waals surface area contributed by atoms with Crippen LogP contribution in [0.1, 0.15) is 25.5 Å². The molecule has 4 nitrogen and oxygen atoms in total. The lowest BCUT2D eigenvalue weighted by Gasteiger charge is -2.29. The van der Waals surface area contributed by atoms with Crippen LogP contribution in [0.5, 0.6) is 5.75 Å². The van der Waals surface area contributed by atoms with Crippen LogP contribution in [0, 0.1) is 17.0 Å². The van der Waals surface area contributed by atoms with E-state index in [0.717, 1.165) is 6.07 Å². The van der Waals surface area contributed by atoms with Crippen molar-refractivity contribution in [3.05, 3.63) is 29.3 Å². The normalized spacial score (nSPS) is 12.5. The molecule has 0 aliphatic carbocycles. The Morgan fingerprint density at radius 1 is 1.42 bits per heavy atom. The highest BCUT2D eigenvalue weighted by molar-refractivity contribution is 5.85. The second-order valence-corrected chi connectivity index (χ2v) is 4.51. The monoisotopic (exact) mass is 295 g/mol. The van der Waals surface area contributed by atoms with Gasteiger partial charge in [-0.2, -0.15) is 0 Å². The molecule has 0 fully saturated rings. The molecule has 0 aliphatic rings. The third-order valence-electron chi connectivity index (χ3n) is 2.87. The molecule has 1 rings (SSSR count). The Kier molecular flexibility index (Phi) is 5.71. The minimum atomic E-state index is -1.26. The van der Waals surface area contributed by atoms with Crippen molar-refractivity contribution in [1.82, 2.24) is 0 Å². The number of hydrogen-bond donors (Lipinski definition) is 2. The van der Waals surface area contributed by atoms with Crippen molar-refractivity contribution in [2.75, 3.05) is 7.11 Å². The van der Waals surface area contributed by atoms with Gasteiger partial charge in [-0.15, -0.1) is 12.4 Å². The molecule has 0 spiro atoms. The quantitative estimate of drug-likeness (QED) is 0.839.